The van der Waals surface area contributed by atoms with Crippen LogP contribution >= 0.6 is 34.8 Å². The summed E-state index contributed by atoms with van der Waals surface area (Å²) in [4.78, 5) is 0. The van der Waals surface area contributed by atoms with Gasteiger partial charge in [-0.05, 0) is 18.2 Å². The van der Waals surface area contributed by atoms with Crippen molar-refractivity contribution >= 4 is 42.2 Å². The van der Waals surface area contributed by atoms with Gasteiger partial charge < -0.3 is 0 Å². The summed E-state index contributed by atoms with van der Waals surface area (Å²) in [6, 6.07) is 1.10. The van der Waals surface area contributed by atoms with E-state index in [9.17, 15) is 0 Å². The topological polar surface area (TPSA) is 0 Å². The number of halogens is 2. The van der Waals surface area contributed by atoms with Gasteiger partial charge in [-0.15, -0.1) is 0 Å². The Kier molecular flexibility index (Phi) is 36.3. The Morgan fingerprint density at radius 3 is 0.595 bits per heavy atom. The fourth-order valence-corrected chi connectivity index (χ4v) is 7.28. The van der Waals surface area contributed by atoms with Gasteiger partial charge in [-0.25, -0.2) is 0 Å². The van der Waals surface area contributed by atoms with Gasteiger partial charge in [0.2, 0.25) is 7.42 Å². The molecule has 0 rings (SSSR count). The molecular weight excluding hydrogens is 527 g/mol. The summed E-state index contributed by atoms with van der Waals surface area (Å²) in [7, 11) is -1.34. The van der Waals surface area contributed by atoms with Crippen molar-refractivity contribution in [3.8, 4) is 0 Å². The Labute approximate surface area is 252 Å². The van der Waals surface area contributed by atoms with E-state index in [-0.39, 0.29) is 0 Å². The highest BCUT2D eigenvalue weighted by atomic mass is 35.7. The first kappa shape index (κ1) is 38.1. The predicted octanol–water partition coefficient (Wildman–Crippen LogP) is 13.7. The maximum atomic E-state index is 5.90. The largest absolute Gasteiger partial charge is 0.237 e. The molecule has 0 heterocycles. The summed E-state index contributed by atoms with van der Waals surface area (Å²) in [6.45, 7) is 0. The first-order valence-corrected chi connectivity index (χ1v) is 22.1. The lowest BCUT2D eigenvalue weighted by atomic mass is 10.0. The maximum absolute atomic E-state index is 5.90. The molecular formula is C33H68Cl2SSi. The highest BCUT2D eigenvalue weighted by Crippen LogP contribution is 2.17. The molecule has 0 aromatic heterocycles. The smallest absolute Gasteiger partial charge is 0.179 e. The molecule has 0 aromatic rings. The number of rotatable bonds is 33. The average Bonchev–Trinajstić information content (AvgIpc) is 2.89. The lowest BCUT2D eigenvalue weighted by Gasteiger charge is -2.05. The second-order valence-electron chi connectivity index (χ2n) is 11.9. The van der Waals surface area contributed by atoms with Crippen LogP contribution in [-0.4, -0.2) is 13.2 Å². The Bertz CT molecular complexity index is 395. The normalized spacial score (nSPS) is 11.7. The lowest BCUT2D eigenvalue weighted by molar-refractivity contribution is 0.513. The second-order valence-corrected chi connectivity index (χ2v) is 17.5. The van der Waals surface area contributed by atoms with Crippen LogP contribution in [0.3, 0.4) is 0 Å². The van der Waals surface area contributed by atoms with Crippen molar-refractivity contribution in [3.05, 3.63) is 0 Å². The minimum atomic E-state index is -1.34. The first-order valence-electron chi connectivity index (χ1n) is 17.2. The standard InChI is InChI=1S/C33H68Cl2SSi/c34-37(35)33-31-29-27-25-23-21-19-17-15-13-11-9-7-5-3-1-2-4-6-8-10-12-14-16-18-20-22-24-26-28-30-32-36/h36-37H,1-33H2. The van der Waals surface area contributed by atoms with Crippen LogP contribution < -0.4 is 0 Å². The molecule has 0 nitrogen and oxygen atoms in total. The van der Waals surface area contributed by atoms with Crippen molar-refractivity contribution < 1.29 is 0 Å². The maximum Gasteiger partial charge on any atom is 0.237 e. The van der Waals surface area contributed by atoms with Crippen molar-refractivity contribution in [3.63, 3.8) is 0 Å². The molecule has 0 aromatic carbocycles. The highest BCUT2D eigenvalue weighted by Gasteiger charge is 2.01. The molecule has 0 aliphatic rings. The van der Waals surface area contributed by atoms with Crippen LogP contribution in [0.1, 0.15) is 199 Å². The van der Waals surface area contributed by atoms with Crippen LogP contribution in [0.25, 0.3) is 0 Å². The molecule has 0 radical (unpaired) electrons. The summed E-state index contributed by atoms with van der Waals surface area (Å²) >= 11 is 16.1. The number of hydrogen-bond donors (Lipinski definition) is 1. The molecule has 0 spiro atoms. The van der Waals surface area contributed by atoms with Gasteiger partial charge in [0.25, 0.3) is 0 Å². The lowest BCUT2D eigenvalue weighted by Crippen LogP contribution is -1.91. The average molecular weight is 596 g/mol. The molecule has 4 heteroatoms. The van der Waals surface area contributed by atoms with Crippen LogP contribution in [0.5, 0.6) is 0 Å². The minimum absolute atomic E-state index is 1.07. The third kappa shape index (κ3) is 37.1. The van der Waals surface area contributed by atoms with Gasteiger partial charge in [0, 0.05) is 0 Å². The molecule has 0 bridgehead atoms. The van der Waals surface area contributed by atoms with Crippen molar-refractivity contribution in [2.24, 2.45) is 0 Å². The van der Waals surface area contributed by atoms with E-state index in [0.29, 0.717) is 0 Å². The van der Waals surface area contributed by atoms with Gasteiger partial charge in [-0.2, -0.15) is 34.8 Å². The van der Waals surface area contributed by atoms with Crippen molar-refractivity contribution in [1.29, 1.82) is 0 Å². The van der Waals surface area contributed by atoms with Crippen LogP contribution in [0.4, 0.5) is 0 Å². The van der Waals surface area contributed by atoms with Crippen molar-refractivity contribution in [1.82, 2.24) is 0 Å². The van der Waals surface area contributed by atoms with E-state index < -0.39 is 7.42 Å². The molecule has 0 fully saturated rings. The molecule has 0 unspecified atom stereocenters. The van der Waals surface area contributed by atoms with E-state index in [2.05, 4.69) is 12.6 Å². The molecule has 0 aliphatic heterocycles. The summed E-state index contributed by atoms with van der Waals surface area (Å²) in [6.07, 6.45) is 44.8. The molecule has 37 heavy (non-hydrogen) atoms. The quantitative estimate of drug-likeness (QED) is 0.0332. The Morgan fingerprint density at radius 2 is 0.432 bits per heavy atom. The molecule has 0 N–H and O–H groups in total. The van der Waals surface area contributed by atoms with Crippen LogP contribution in [0.2, 0.25) is 6.04 Å². The van der Waals surface area contributed by atoms with Gasteiger partial charge in [0.05, 0.1) is 0 Å². The van der Waals surface area contributed by atoms with E-state index in [1.54, 1.807) is 0 Å². The van der Waals surface area contributed by atoms with Crippen molar-refractivity contribution in [2.45, 2.75) is 205 Å². The van der Waals surface area contributed by atoms with Crippen LogP contribution in [-0.2, 0) is 0 Å². The first-order chi connectivity index (χ1) is 18.3. The summed E-state index contributed by atoms with van der Waals surface area (Å²) in [5.41, 5.74) is 0. The van der Waals surface area contributed by atoms with E-state index in [1.807, 2.05) is 0 Å². The Morgan fingerprint density at radius 1 is 0.270 bits per heavy atom. The fraction of sp³-hybridized carbons (Fsp3) is 1.00. The van der Waals surface area contributed by atoms with E-state index in [1.165, 1.54) is 199 Å². The zero-order valence-corrected chi connectivity index (χ0v) is 28.7. The summed E-state index contributed by atoms with van der Waals surface area (Å²) in [5, 5.41) is 0. The summed E-state index contributed by atoms with van der Waals surface area (Å²) in [5.74, 6) is 1.07. The SMILES string of the molecule is SCCCCCCCCCCCCCCCCCCCCCCCCCCCCCCCCC[SiH](Cl)Cl. The molecule has 0 saturated heterocycles. The van der Waals surface area contributed by atoms with Gasteiger partial charge in [0.15, 0.2) is 0 Å². The molecule has 0 aliphatic carbocycles. The van der Waals surface area contributed by atoms with Gasteiger partial charge in [-0.3, -0.25) is 0 Å². The third-order valence-electron chi connectivity index (χ3n) is 8.08. The predicted molar refractivity (Wildman–Crippen MR) is 181 cm³/mol. The number of thiol groups is 1. The van der Waals surface area contributed by atoms with E-state index in [0.717, 1.165) is 11.8 Å². The van der Waals surface area contributed by atoms with Crippen LogP contribution in [0, 0.1) is 0 Å². The second kappa shape index (κ2) is 35.2. The van der Waals surface area contributed by atoms with Gasteiger partial charge in [-0.1, -0.05) is 193 Å². The monoisotopic (exact) mass is 594 g/mol. The highest BCUT2D eigenvalue weighted by molar-refractivity contribution is 7.80. The molecule has 0 amide bonds. The molecule has 0 saturated carbocycles. The molecule has 0 atom stereocenters. The van der Waals surface area contributed by atoms with E-state index in [4.69, 9.17) is 22.2 Å². The molecule has 224 valence electrons. The van der Waals surface area contributed by atoms with E-state index >= 15 is 0 Å². The zero-order valence-electron chi connectivity index (χ0n) is 25.1. The minimum Gasteiger partial charge on any atom is -0.179 e. The number of hydrogen-bond acceptors (Lipinski definition) is 1. The van der Waals surface area contributed by atoms with Gasteiger partial charge in [0.1, 0.15) is 0 Å². The Balaban J connectivity index is 3.01. The summed E-state index contributed by atoms with van der Waals surface area (Å²) < 4.78 is 0. The third-order valence-corrected chi connectivity index (χ3v) is 10.6. The number of unbranched alkanes of at least 4 members (excludes halogenated alkanes) is 30. The van der Waals surface area contributed by atoms with Gasteiger partial charge >= 0.3 is 0 Å². The van der Waals surface area contributed by atoms with Crippen LogP contribution in [0.15, 0.2) is 0 Å². The zero-order chi connectivity index (χ0) is 26.9. The fourth-order valence-electron chi connectivity index (χ4n) is 5.54. The van der Waals surface area contributed by atoms with Crippen molar-refractivity contribution in [2.75, 3.05) is 5.75 Å². The Hall–Kier alpha value is 1.15.